The number of furan rings is 1. The second-order valence-corrected chi connectivity index (χ2v) is 4.66. The fourth-order valence-electron chi connectivity index (χ4n) is 2.36. The summed E-state index contributed by atoms with van der Waals surface area (Å²) in [6, 6.07) is 9.63. The summed E-state index contributed by atoms with van der Waals surface area (Å²) in [6.07, 6.45) is 1.08. The van der Waals surface area contributed by atoms with Crippen LogP contribution in [0, 0.1) is 0 Å². The van der Waals surface area contributed by atoms with Gasteiger partial charge in [-0.15, -0.1) is 0 Å². The zero-order valence-electron chi connectivity index (χ0n) is 12.2. The summed E-state index contributed by atoms with van der Waals surface area (Å²) in [5.74, 6) is 1.60. The molecule has 0 spiro atoms. The molecule has 4 heteroatoms. The highest BCUT2D eigenvalue weighted by Gasteiger charge is 2.18. The van der Waals surface area contributed by atoms with Gasteiger partial charge in [-0.05, 0) is 38.1 Å². The number of nitrogens with zero attached hydrogens (tertiary/aromatic N) is 1. The van der Waals surface area contributed by atoms with Crippen molar-refractivity contribution in [3.8, 4) is 5.75 Å². The normalized spacial score (nSPS) is 12.2. The molecule has 0 aliphatic carbocycles. The Morgan fingerprint density at radius 2 is 2.10 bits per heavy atom. The molecular formula is C16H21NO3. The molecule has 0 saturated heterocycles. The zero-order chi connectivity index (χ0) is 14.5. The fourth-order valence-corrected chi connectivity index (χ4v) is 2.36. The van der Waals surface area contributed by atoms with E-state index in [1.54, 1.807) is 20.3 Å². The Morgan fingerprint density at radius 3 is 2.65 bits per heavy atom. The summed E-state index contributed by atoms with van der Waals surface area (Å²) in [6.45, 7) is 5.31. The van der Waals surface area contributed by atoms with E-state index in [0.29, 0.717) is 12.3 Å². The van der Waals surface area contributed by atoms with Crippen LogP contribution >= 0.6 is 0 Å². The number of hydrogen-bond donors (Lipinski definition) is 1. The second kappa shape index (κ2) is 6.48. The van der Waals surface area contributed by atoms with Crippen molar-refractivity contribution in [1.29, 1.82) is 0 Å². The Balaban J connectivity index is 2.38. The van der Waals surface area contributed by atoms with Crippen LogP contribution < -0.4 is 9.64 Å². The Kier molecular flexibility index (Phi) is 4.69. The van der Waals surface area contributed by atoms with E-state index in [0.717, 1.165) is 23.6 Å². The minimum absolute atomic E-state index is 0.591. The smallest absolute Gasteiger partial charge is 0.126 e. The molecule has 2 aromatic rings. The highest BCUT2D eigenvalue weighted by Crippen LogP contribution is 2.35. The molecule has 0 saturated carbocycles. The molecule has 1 aromatic carbocycles. The van der Waals surface area contributed by atoms with Gasteiger partial charge in [0.1, 0.15) is 11.5 Å². The van der Waals surface area contributed by atoms with Crippen molar-refractivity contribution in [1.82, 2.24) is 0 Å². The van der Waals surface area contributed by atoms with Gasteiger partial charge in [-0.3, -0.25) is 0 Å². The van der Waals surface area contributed by atoms with Gasteiger partial charge < -0.3 is 19.2 Å². The first-order chi connectivity index (χ1) is 9.67. The van der Waals surface area contributed by atoms with Crippen LogP contribution in [-0.2, 0) is 6.54 Å². The minimum Gasteiger partial charge on any atom is -0.496 e. The van der Waals surface area contributed by atoms with E-state index < -0.39 is 6.10 Å². The molecule has 0 amide bonds. The van der Waals surface area contributed by atoms with Crippen molar-refractivity contribution in [3.63, 3.8) is 0 Å². The molecule has 0 aliphatic heterocycles. The number of hydrogen-bond acceptors (Lipinski definition) is 4. The fraction of sp³-hybridized carbons (Fsp3) is 0.375. The maximum atomic E-state index is 10.1. The van der Waals surface area contributed by atoms with Crippen LogP contribution in [-0.4, -0.2) is 18.8 Å². The molecule has 0 unspecified atom stereocenters. The Bertz CT molecular complexity index is 535. The molecule has 4 nitrogen and oxygen atoms in total. The van der Waals surface area contributed by atoms with Crippen LogP contribution in [0.2, 0.25) is 0 Å². The largest absolute Gasteiger partial charge is 0.496 e. The summed E-state index contributed by atoms with van der Waals surface area (Å²) in [5.41, 5.74) is 1.78. The SMILES string of the molecule is CCN(Cc1ccco1)c1cccc(OC)c1[C@H](C)O. The average molecular weight is 275 g/mol. The zero-order valence-corrected chi connectivity index (χ0v) is 12.2. The lowest BCUT2D eigenvalue weighted by atomic mass is 10.1. The average Bonchev–Trinajstić information content (AvgIpc) is 2.96. The molecular weight excluding hydrogens is 254 g/mol. The predicted octanol–water partition coefficient (Wildman–Crippen LogP) is 3.37. The molecule has 0 aliphatic rings. The maximum absolute atomic E-state index is 10.1. The first-order valence-electron chi connectivity index (χ1n) is 6.79. The number of methoxy groups -OCH3 is 1. The Hall–Kier alpha value is -1.94. The molecule has 0 fully saturated rings. The first kappa shape index (κ1) is 14.5. The standard InChI is InChI=1S/C16H21NO3/c1-4-17(11-13-7-6-10-20-13)14-8-5-9-15(19-3)16(14)12(2)18/h5-10,12,18H,4,11H2,1-3H3/t12-/m0/s1. The van der Waals surface area contributed by atoms with Crippen LogP contribution in [0.25, 0.3) is 0 Å². The van der Waals surface area contributed by atoms with Gasteiger partial charge in [-0.1, -0.05) is 6.07 Å². The number of rotatable bonds is 6. The molecule has 0 radical (unpaired) electrons. The topological polar surface area (TPSA) is 45.8 Å². The Labute approximate surface area is 119 Å². The number of aliphatic hydroxyl groups is 1. The van der Waals surface area contributed by atoms with Crippen LogP contribution in [0.1, 0.15) is 31.3 Å². The van der Waals surface area contributed by atoms with Crippen molar-refractivity contribution in [3.05, 3.63) is 47.9 Å². The van der Waals surface area contributed by atoms with E-state index >= 15 is 0 Å². The molecule has 1 heterocycles. The number of anilines is 1. The van der Waals surface area contributed by atoms with Gasteiger partial charge in [0, 0.05) is 17.8 Å². The van der Waals surface area contributed by atoms with Crippen LogP contribution in [0.3, 0.4) is 0 Å². The van der Waals surface area contributed by atoms with E-state index in [1.807, 2.05) is 30.3 Å². The van der Waals surface area contributed by atoms with Gasteiger partial charge in [0.05, 0.1) is 26.0 Å². The highest BCUT2D eigenvalue weighted by molar-refractivity contribution is 5.60. The second-order valence-electron chi connectivity index (χ2n) is 4.66. The van der Waals surface area contributed by atoms with Gasteiger partial charge in [-0.2, -0.15) is 0 Å². The molecule has 0 bridgehead atoms. The van der Waals surface area contributed by atoms with E-state index in [4.69, 9.17) is 9.15 Å². The van der Waals surface area contributed by atoms with Crippen molar-refractivity contribution >= 4 is 5.69 Å². The molecule has 1 atom stereocenters. The highest BCUT2D eigenvalue weighted by atomic mass is 16.5. The number of ether oxygens (including phenoxy) is 1. The van der Waals surface area contributed by atoms with Crippen LogP contribution in [0.5, 0.6) is 5.75 Å². The minimum atomic E-state index is -0.591. The predicted molar refractivity (Wildman–Crippen MR) is 79.1 cm³/mol. The third-order valence-corrected chi connectivity index (χ3v) is 3.33. The molecule has 1 aromatic heterocycles. The van der Waals surface area contributed by atoms with Crippen LogP contribution in [0.15, 0.2) is 41.0 Å². The summed E-state index contributed by atoms with van der Waals surface area (Å²) >= 11 is 0. The number of benzene rings is 1. The van der Waals surface area contributed by atoms with E-state index in [-0.39, 0.29) is 0 Å². The first-order valence-corrected chi connectivity index (χ1v) is 6.79. The molecule has 108 valence electrons. The summed E-state index contributed by atoms with van der Waals surface area (Å²) < 4.78 is 10.8. The summed E-state index contributed by atoms with van der Waals surface area (Å²) in [4.78, 5) is 2.16. The summed E-state index contributed by atoms with van der Waals surface area (Å²) in [5, 5.41) is 10.1. The quantitative estimate of drug-likeness (QED) is 0.878. The van der Waals surface area contributed by atoms with Crippen molar-refractivity contribution in [2.45, 2.75) is 26.5 Å². The van der Waals surface area contributed by atoms with Gasteiger partial charge >= 0.3 is 0 Å². The maximum Gasteiger partial charge on any atom is 0.126 e. The summed E-state index contributed by atoms with van der Waals surface area (Å²) in [7, 11) is 1.62. The lowest BCUT2D eigenvalue weighted by Crippen LogP contribution is -2.23. The van der Waals surface area contributed by atoms with Crippen molar-refractivity contribution < 1.29 is 14.3 Å². The third-order valence-electron chi connectivity index (χ3n) is 3.33. The van der Waals surface area contributed by atoms with E-state index in [9.17, 15) is 5.11 Å². The van der Waals surface area contributed by atoms with Crippen molar-refractivity contribution in [2.75, 3.05) is 18.6 Å². The van der Waals surface area contributed by atoms with Gasteiger partial charge in [0.25, 0.3) is 0 Å². The van der Waals surface area contributed by atoms with E-state index in [2.05, 4.69) is 11.8 Å². The van der Waals surface area contributed by atoms with E-state index in [1.165, 1.54) is 0 Å². The lowest BCUT2D eigenvalue weighted by molar-refractivity contribution is 0.194. The Morgan fingerprint density at radius 1 is 1.30 bits per heavy atom. The monoisotopic (exact) mass is 275 g/mol. The molecule has 1 N–H and O–H groups in total. The molecule has 2 rings (SSSR count). The lowest BCUT2D eigenvalue weighted by Gasteiger charge is -2.27. The van der Waals surface area contributed by atoms with Gasteiger partial charge in [0.15, 0.2) is 0 Å². The third kappa shape index (κ3) is 2.96. The van der Waals surface area contributed by atoms with Crippen molar-refractivity contribution in [2.24, 2.45) is 0 Å². The molecule has 20 heavy (non-hydrogen) atoms. The number of aliphatic hydroxyl groups excluding tert-OH is 1. The van der Waals surface area contributed by atoms with Crippen LogP contribution in [0.4, 0.5) is 5.69 Å². The van der Waals surface area contributed by atoms with Gasteiger partial charge in [-0.25, -0.2) is 0 Å². The van der Waals surface area contributed by atoms with Gasteiger partial charge in [0.2, 0.25) is 0 Å².